The Morgan fingerprint density at radius 3 is 2.53 bits per heavy atom. The summed E-state index contributed by atoms with van der Waals surface area (Å²) in [5.74, 6) is 6.99. The minimum Gasteiger partial charge on any atom is -0.402 e. The smallest absolute Gasteiger partial charge is 0.254 e. The minimum absolute atomic E-state index is 0.0238. The summed E-state index contributed by atoms with van der Waals surface area (Å²) in [6.07, 6.45) is 3.77. The molecule has 1 amide bonds. The molecular formula is C30H35N5O2Si. The minimum atomic E-state index is -1.69. The van der Waals surface area contributed by atoms with Crippen molar-refractivity contribution in [2.75, 3.05) is 5.73 Å². The molecule has 1 saturated carbocycles. The van der Waals surface area contributed by atoms with Crippen LogP contribution in [0.15, 0.2) is 48.7 Å². The molecule has 5 rings (SSSR count). The van der Waals surface area contributed by atoms with Crippen molar-refractivity contribution in [3.05, 3.63) is 65.4 Å². The molecule has 7 nitrogen and oxygen atoms in total. The van der Waals surface area contributed by atoms with Crippen molar-refractivity contribution in [3.8, 4) is 11.8 Å². The average Bonchev–Trinajstić information content (AvgIpc) is 3.61. The Balaban J connectivity index is 1.37. The second kappa shape index (κ2) is 9.57. The van der Waals surface area contributed by atoms with E-state index in [1.54, 1.807) is 10.9 Å². The van der Waals surface area contributed by atoms with E-state index in [1.165, 1.54) is 0 Å². The third kappa shape index (κ3) is 5.59. The first kappa shape index (κ1) is 26.0. The maximum absolute atomic E-state index is 13.7. The molecule has 0 spiro atoms. The maximum atomic E-state index is 13.7. The summed E-state index contributed by atoms with van der Waals surface area (Å²) in [5.41, 5.74) is 9.95. The number of amides is 1. The molecular weight excluding hydrogens is 490 g/mol. The third-order valence-corrected chi connectivity index (χ3v) is 7.70. The van der Waals surface area contributed by atoms with E-state index >= 15 is 0 Å². The molecule has 4 aromatic rings. The summed E-state index contributed by atoms with van der Waals surface area (Å²) in [4.78, 5) is 20.2. The van der Waals surface area contributed by atoms with Crippen molar-refractivity contribution in [3.63, 3.8) is 0 Å². The van der Waals surface area contributed by atoms with Crippen LogP contribution in [-0.2, 0) is 18.0 Å². The number of rotatable bonds is 6. The highest BCUT2D eigenvalue weighted by molar-refractivity contribution is 6.69. The molecule has 2 heterocycles. The Morgan fingerprint density at radius 2 is 1.87 bits per heavy atom. The molecule has 0 atom stereocenters. The van der Waals surface area contributed by atoms with Crippen LogP contribution in [-0.4, -0.2) is 45.5 Å². The predicted molar refractivity (Wildman–Crippen MR) is 155 cm³/mol. The molecule has 0 aliphatic heterocycles. The van der Waals surface area contributed by atoms with Crippen molar-refractivity contribution < 1.29 is 9.22 Å². The Labute approximate surface area is 225 Å². The fraction of sp³-hybridized carbons (Fsp3) is 0.367. The molecule has 38 heavy (non-hydrogen) atoms. The van der Waals surface area contributed by atoms with Gasteiger partial charge in [0, 0.05) is 36.1 Å². The van der Waals surface area contributed by atoms with Crippen LogP contribution < -0.4 is 5.73 Å². The van der Waals surface area contributed by atoms with Gasteiger partial charge >= 0.3 is 0 Å². The molecule has 0 radical (unpaired) electrons. The monoisotopic (exact) mass is 525 g/mol. The molecule has 1 aliphatic rings. The second-order valence-electron chi connectivity index (χ2n) is 11.6. The van der Waals surface area contributed by atoms with Gasteiger partial charge in [0.2, 0.25) is 0 Å². The Bertz CT molecular complexity index is 1580. The topological polar surface area (TPSA) is 86.3 Å². The number of fused-ring (bicyclic) bond motifs is 3. The van der Waals surface area contributed by atoms with Crippen LogP contribution in [0.25, 0.3) is 21.8 Å². The summed E-state index contributed by atoms with van der Waals surface area (Å²) < 4.78 is 7.97. The van der Waals surface area contributed by atoms with Crippen molar-refractivity contribution in [1.82, 2.24) is 19.7 Å². The summed E-state index contributed by atoms with van der Waals surface area (Å²) in [6.45, 7) is 11.1. The number of anilines is 1. The zero-order valence-corrected chi connectivity index (χ0v) is 24.0. The van der Waals surface area contributed by atoms with Crippen LogP contribution in [0.4, 0.5) is 5.82 Å². The largest absolute Gasteiger partial charge is 0.402 e. The molecule has 196 valence electrons. The van der Waals surface area contributed by atoms with Crippen LogP contribution in [0.2, 0.25) is 19.6 Å². The lowest BCUT2D eigenvalue weighted by molar-refractivity contribution is 0.0730. The summed E-state index contributed by atoms with van der Waals surface area (Å²) in [6, 6.07) is 14.1. The SMILES string of the molecule is Cn1ncc2c(N)nc3ccc(C(=O)N(Cc4ccc(C#CC(C)(C)O[Si](C)(C)C)cc4)C4CC4)cc3c21. The normalized spacial score (nSPS) is 13.9. The lowest BCUT2D eigenvalue weighted by Crippen LogP contribution is -2.37. The van der Waals surface area contributed by atoms with E-state index in [9.17, 15) is 4.79 Å². The van der Waals surface area contributed by atoms with Gasteiger partial charge in [-0.15, -0.1) is 0 Å². The number of hydrogen-bond donors (Lipinski definition) is 1. The number of nitrogen functional groups attached to an aromatic ring is 1. The highest BCUT2D eigenvalue weighted by Crippen LogP contribution is 2.32. The van der Waals surface area contributed by atoms with Gasteiger partial charge in [0.15, 0.2) is 8.32 Å². The van der Waals surface area contributed by atoms with Crippen LogP contribution in [0, 0.1) is 11.8 Å². The Kier molecular flexibility index (Phi) is 6.54. The molecule has 1 aliphatic carbocycles. The number of aromatic nitrogens is 3. The van der Waals surface area contributed by atoms with E-state index in [2.05, 4.69) is 53.7 Å². The number of aryl methyl sites for hydroxylation is 1. The van der Waals surface area contributed by atoms with Gasteiger partial charge in [-0.1, -0.05) is 24.0 Å². The van der Waals surface area contributed by atoms with Crippen molar-refractivity contribution in [1.29, 1.82) is 0 Å². The standard InChI is InChI=1S/C30H35N5O2Si/c1-30(2,37-38(4,5)6)16-15-20-7-9-21(10-8-20)19-35(23-12-13-23)29(36)22-11-14-26-24(17-22)27-25(28(31)33-26)18-32-34(27)3/h7-11,14,17-18,23H,12-13,19H2,1-6H3,(H2,31,33). The number of benzene rings is 2. The van der Waals surface area contributed by atoms with Gasteiger partial charge in [-0.05, 0) is 82.2 Å². The summed E-state index contributed by atoms with van der Waals surface area (Å²) >= 11 is 0. The molecule has 2 aromatic heterocycles. The highest BCUT2D eigenvalue weighted by Gasteiger charge is 2.33. The van der Waals surface area contributed by atoms with Crippen molar-refractivity contribution in [2.45, 2.75) is 64.5 Å². The van der Waals surface area contributed by atoms with Gasteiger partial charge in [-0.2, -0.15) is 5.10 Å². The number of hydrogen-bond acceptors (Lipinski definition) is 5. The quantitative estimate of drug-likeness (QED) is 0.266. The number of nitrogens with two attached hydrogens (primary N) is 1. The Morgan fingerprint density at radius 1 is 1.16 bits per heavy atom. The zero-order chi connectivity index (χ0) is 27.2. The van der Waals surface area contributed by atoms with E-state index in [-0.39, 0.29) is 11.9 Å². The maximum Gasteiger partial charge on any atom is 0.254 e. The highest BCUT2D eigenvalue weighted by atomic mass is 28.4. The Hall–Kier alpha value is -3.67. The molecule has 0 bridgehead atoms. The average molecular weight is 526 g/mol. The van der Waals surface area contributed by atoms with Gasteiger partial charge in [-0.3, -0.25) is 9.48 Å². The first-order chi connectivity index (χ1) is 17.9. The van der Waals surface area contributed by atoms with Crippen LogP contribution in [0.1, 0.15) is 48.2 Å². The number of nitrogens with zero attached hydrogens (tertiary/aromatic N) is 4. The molecule has 0 unspecified atom stereocenters. The van der Waals surface area contributed by atoms with E-state index in [4.69, 9.17) is 10.2 Å². The molecule has 2 N–H and O–H groups in total. The van der Waals surface area contributed by atoms with Crippen LogP contribution in [0.5, 0.6) is 0 Å². The van der Waals surface area contributed by atoms with E-state index in [1.807, 2.05) is 56.1 Å². The van der Waals surface area contributed by atoms with Gasteiger partial charge < -0.3 is 15.1 Å². The van der Waals surface area contributed by atoms with Crippen molar-refractivity contribution in [2.24, 2.45) is 7.05 Å². The number of pyridine rings is 1. The van der Waals surface area contributed by atoms with Gasteiger partial charge in [0.1, 0.15) is 11.4 Å². The van der Waals surface area contributed by atoms with E-state index in [0.717, 1.165) is 45.8 Å². The van der Waals surface area contributed by atoms with Gasteiger partial charge in [-0.25, -0.2) is 4.98 Å². The summed E-state index contributed by atoms with van der Waals surface area (Å²) in [7, 11) is 0.190. The molecule has 0 saturated heterocycles. The third-order valence-electron chi connectivity index (χ3n) is 6.58. The first-order valence-corrected chi connectivity index (χ1v) is 16.5. The number of carbonyl (C=O) groups excluding carboxylic acids is 1. The molecule has 2 aromatic carbocycles. The summed E-state index contributed by atoms with van der Waals surface area (Å²) in [5, 5.41) is 6.01. The van der Waals surface area contributed by atoms with Crippen LogP contribution >= 0.6 is 0 Å². The fourth-order valence-electron chi connectivity index (χ4n) is 4.91. The van der Waals surface area contributed by atoms with Crippen LogP contribution in [0.3, 0.4) is 0 Å². The predicted octanol–water partition coefficient (Wildman–Crippen LogP) is 5.49. The fourth-order valence-corrected chi connectivity index (χ4v) is 6.50. The lowest BCUT2D eigenvalue weighted by Gasteiger charge is -2.28. The first-order valence-electron chi connectivity index (χ1n) is 13.0. The van der Waals surface area contributed by atoms with Gasteiger partial charge in [0.05, 0.1) is 22.6 Å². The zero-order valence-electron chi connectivity index (χ0n) is 23.0. The molecule has 1 fully saturated rings. The second-order valence-corrected chi connectivity index (χ2v) is 16.0. The number of carbonyl (C=O) groups is 1. The van der Waals surface area contributed by atoms with Crippen molar-refractivity contribution >= 4 is 41.8 Å². The van der Waals surface area contributed by atoms with E-state index in [0.29, 0.717) is 17.9 Å². The van der Waals surface area contributed by atoms with Gasteiger partial charge in [0.25, 0.3) is 5.91 Å². The van der Waals surface area contributed by atoms with E-state index < -0.39 is 13.9 Å². The molecule has 8 heteroatoms. The lowest BCUT2D eigenvalue weighted by atomic mass is 10.1.